The van der Waals surface area contributed by atoms with Crippen molar-refractivity contribution in [1.82, 2.24) is 0 Å². The molecule has 1 heterocycles. The van der Waals surface area contributed by atoms with Gasteiger partial charge in [-0.05, 0) is 50.6 Å². The van der Waals surface area contributed by atoms with E-state index in [1.54, 1.807) is 6.21 Å². The number of nitrogens with zero attached hydrogens (tertiary/aromatic N) is 2. The second-order valence-corrected chi connectivity index (χ2v) is 7.07. The summed E-state index contributed by atoms with van der Waals surface area (Å²) in [7, 11) is 2.10. The summed E-state index contributed by atoms with van der Waals surface area (Å²) in [6.45, 7) is 6.55. The van der Waals surface area contributed by atoms with Gasteiger partial charge in [-0.2, -0.15) is 5.10 Å². The molecule has 2 aromatic carbocycles. The highest BCUT2D eigenvalue weighted by Crippen LogP contribution is 2.40. The van der Waals surface area contributed by atoms with E-state index in [0.717, 1.165) is 16.9 Å². The lowest BCUT2D eigenvalue weighted by Crippen LogP contribution is -2.42. The first-order chi connectivity index (χ1) is 11.4. The fourth-order valence-corrected chi connectivity index (χ4v) is 3.18. The Hall–Kier alpha value is -2.26. The van der Waals surface area contributed by atoms with Crippen molar-refractivity contribution in [3.8, 4) is 0 Å². The Bertz CT molecular complexity index is 807. The van der Waals surface area contributed by atoms with E-state index in [2.05, 4.69) is 55.4 Å². The van der Waals surface area contributed by atoms with Gasteiger partial charge in [0.2, 0.25) is 0 Å². The van der Waals surface area contributed by atoms with Gasteiger partial charge in [-0.1, -0.05) is 35.9 Å². The number of nitrogens with one attached hydrogen (secondary N) is 1. The highest BCUT2D eigenvalue weighted by atomic mass is 35.5. The number of benzene rings is 2. The molecule has 0 amide bonds. The minimum absolute atomic E-state index is 0.0229. The average molecular weight is 340 g/mol. The van der Waals surface area contributed by atoms with Gasteiger partial charge in [0.05, 0.1) is 22.5 Å². The molecule has 0 atom stereocenters. The normalized spacial score (nSPS) is 16.0. The molecule has 0 aromatic heterocycles. The first-order valence-corrected chi connectivity index (χ1v) is 8.37. The van der Waals surface area contributed by atoms with E-state index in [1.165, 1.54) is 11.1 Å². The van der Waals surface area contributed by atoms with Crippen LogP contribution in [0.5, 0.6) is 0 Å². The summed E-state index contributed by atoms with van der Waals surface area (Å²) in [6.07, 6.45) is 4.05. The van der Waals surface area contributed by atoms with Crippen LogP contribution in [0.3, 0.4) is 0 Å². The smallest absolute Gasteiger partial charge is 0.0561 e. The fourth-order valence-electron chi connectivity index (χ4n) is 2.98. The predicted octanol–water partition coefficient (Wildman–Crippen LogP) is 5.42. The van der Waals surface area contributed by atoms with Crippen LogP contribution < -0.4 is 10.3 Å². The van der Waals surface area contributed by atoms with Gasteiger partial charge < -0.3 is 4.90 Å². The number of rotatable bonds is 3. The summed E-state index contributed by atoms with van der Waals surface area (Å²) < 4.78 is 0. The number of allylic oxidation sites excluding steroid dienone is 1. The Kier molecular flexibility index (Phi) is 4.37. The minimum atomic E-state index is -0.0229. The minimum Gasteiger partial charge on any atom is -0.365 e. The molecular formula is C20H22ClN3. The molecule has 0 fully saturated rings. The molecule has 0 saturated heterocycles. The Balaban J connectivity index is 1.91. The van der Waals surface area contributed by atoms with Gasteiger partial charge in [-0.25, -0.2) is 0 Å². The molecule has 4 heteroatoms. The number of hydrogen-bond acceptors (Lipinski definition) is 3. The van der Waals surface area contributed by atoms with Crippen molar-refractivity contribution in [3.63, 3.8) is 0 Å². The molecule has 1 aliphatic heterocycles. The summed E-state index contributed by atoms with van der Waals surface area (Å²) in [6, 6.07) is 14.0. The van der Waals surface area contributed by atoms with Crippen molar-refractivity contribution >= 4 is 34.8 Å². The molecule has 3 rings (SSSR count). The second kappa shape index (κ2) is 6.33. The largest absolute Gasteiger partial charge is 0.365 e. The van der Waals surface area contributed by atoms with Crippen molar-refractivity contribution in [3.05, 3.63) is 64.7 Å². The molecule has 0 saturated carbocycles. The topological polar surface area (TPSA) is 27.6 Å². The third-order valence-corrected chi connectivity index (χ3v) is 4.83. The molecule has 0 unspecified atom stereocenters. The second-order valence-electron chi connectivity index (χ2n) is 6.67. The summed E-state index contributed by atoms with van der Waals surface area (Å²) in [5.74, 6) is 0. The van der Waals surface area contributed by atoms with Crippen molar-refractivity contribution in [2.24, 2.45) is 5.10 Å². The first kappa shape index (κ1) is 16.6. The molecule has 0 bridgehead atoms. The lowest BCUT2D eigenvalue weighted by molar-refractivity contribution is 0.598. The molecule has 24 heavy (non-hydrogen) atoms. The van der Waals surface area contributed by atoms with Crippen LogP contribution in [0.4, 0.5) is 11.4 Å². The van der Waals surface area contributed by atoms with Crippen molar-refractivity contribution in [2.75, 3.05) is 17.4 Å². The number of anilines is 2. The van der Waals surface area contributed by atoms with Crippen LogP contribution in [-0.4, -0.2) is 18.8 Å². The van der Waals surface area contributed by atoms with Crippen LogP contribution in [-0.2, 0) is 0 Å². The average Bonchev–Trinajstić information content (AvgIpc) is 2.54. The molecule has 124 valence electrons. The highest BCUT2D eigenvalue weighted by Gasteiger charge is 2.28. The van der Waals surface area contributed by atoms with E-state index in [-0.39, 0.29) is 5.54 Å². The maximum Gasteiger partial charge on any atom is 0.0561 e. The van der Waals surface area contributed by atoms with E-state index in [1.807, 2.05) is 36.4 Å². The zero-order valence-electron chi connectivity index (χ0n) is 14.5. The van der Waals surface area contributed by atoms with Gasteiger partial charge in [0.25, 0.3) is 0 Å². The van der Waals surface area contributed by atoms with E-state index in [9.17, 15) is 0 Å². The zero-order chi connectivity index (χ0) is 17.3. The number of para-hydroxylation sites is 1. The van der Waals surface area contributed by atoms with Gasteiger partial charge >= 0.3 is 0 Å². The van der Waals surface area contributed by atoms with Crippen LogP contribution >= 0.6 is 11.6 Å². The number of fused-ring (bicyclic) bond motifs is 1. The summed E-state index contributed by atoms with van der Waals surface area (Å²) >= 11 is 6.48. The fraction of sp³-hybridized carbons (Fsp3) is 0.250. The maximum absolute atomic E-state index is 6.48. The van der Waals surface area contributed by atoms with Crippen LogP contribution in [0, 0.1) is 0 Å². The number of likely N-dealkylation sites (N-methyl/N-ethyl adjacent to an activating group) is 1. The van der Waals surface area contributed by atoms with Crippen LogP contribution in [0.15, 0.2) is 53.6 Å². The SMILES string of the molecule is CC1=CC(C)(C)N(C)c2cc(Cl)c(/C=N/Nc3ccccc3)cc21. The standard InChI is InChI=1S/C20H22ClN3/c1-14-12-20(2,3)24(4)19-11-18(21)15(10-17(14)19)13-22-23-16-8-6-5-7-9-16/h5-13,23H,1-4H3/b22-13+. The summed E-state index contributed by atoms with van der Waals surface area (Å²) in [5.41, 5.74) is 8.45. The van der Waals surface area contributed by atoms with Gasteiger partial charge in [-0.3, -0.25) is 5.43 Å². The third kappa shape index (κ3) is 3.17. The number of hydrogen-bond donors (Lipinski definition) is 1. The Morgan fingerprint density at radius 1 is 1.17 bits per heavy atom. The number of halogens is 1. The van der Waals surface area contributed by atoms with Crippen molar-refractivity contribution < 1.29 is 0 Å². The molecule has 0 radical (unpaired) electrons. The van der Waals surface area contributed by atoms with E-state index >= 15 is 0 Å². The van der Waals surface area contributed by atoms with Crippen molar-refractivity contribution in [1.29, 1.82) is 0 Å². The van der Waals surface area contributed by atoms with E-state index < -0.39 is 0 Å². The first-order valence-electron chi connectivity index (χ1n) is 8.00. The van der Waals surface area contributed by atoms with Crippen LogP contribution in [0.2, 0.25) is 5.02 Å². The Morgan fingerprint density at radius 2 is 1.88 bits per heavy atom. The van der Waals surface area contributed by atoms with Gasteiger partial charge in [-0.15, -0.1) is 0 Å². The molecule has 1 aliphatic rings. The zero-order valence-corrected chi connectivity index (χ0v) is 15.2. The lowest BCUT2D eigenvalue weighted by Gasteiger charge is -2.40. The predicted molar refractivity (Wildman–Crippen MR) is 105 cm³/mol. The Labute approximate surface area is 148 Å². The number of hydrazone groups is 1. The monoisotopic (exact) mass is 339 g/mol. The maximum atomic E-state index is 6.48. The van der Waals surface area contributed by atoms with Crippen molar-refractivity contribution in [2.45, 2.75) is 26.3 Å². The van der Waals surface area contributed by atoms with Gasteiger partial charge in [0, 0.05) is 23.9 Å². The highest BCUT2D eigenvalue weighted by molar-refractivity contribution is 6.33. The Morgan fingerprint density at radius 3 is 2.58 bits per heavy atom. The van der Waals surface area contributed by atoms with Gasteiger partial charge in [0.1, 0.15) is 0 Å². The van der Waals surface area contributed by atoms with Gasteiger partial charge in [0.15, 0.2) is 0 Å². The third-order valence-electron chi connectivity index (χ3n) is 4.51. The molecule has 0 spiro atoms. The van der Waals surface area contributed by atoms with E-state index in [0.29, 0.717) is 5.02 Å². The van der Waals surface area contributed by atoms with Crippen LogP contribution in [0.25, 0.3) is 5.57 Å². The summed E-state index contributed by atoms with van der Waals surface area (Å²) in [5, 5.41) is 5.00. The molecule has 0 aliphatic carbocycles. The molecule has 1 N–H and O–H groups in total. The molecule has 3 nitrogen and oxygen atoms in total. The van der Waals surface area contributed by atoms with E-state index in [4.69, 9.17) is 11.6 Å². The van der Waals surface area contributed by atoms with Crippen LogP contribution in [0.1, 0.15) is 31.9 Å². The summed E-state index contributed by atoms with van der Waals surface area (Å²) in [4.78, 5) is 2.25. The molecular weight excluding hydrogens is 318 g/mol. The lowest BCUT2D eigenvalue weighted by atomic mass is 9.88. The quantitative estimate of drug-likeness (QED) is 0.597. The molecule has 2 aromatic rings.